The van der Waals surface area contributed by atoms with E-state index in [0.29, 0.717) is 25.7 Å². The van der Waals surface area contributed by atoms with Crippen LogP contribution in [0.1, 0.15) is 79.1 Å². The Morgan fingerprint density at radius 2 is 0.562 bits per heavy atom. The third kappa shape index (κ3) is 23.1. The first-order valence-electron chi connectivity index (χ1n) is 17.3. The lowest BCUT2D eigenvalue weighted by Crippen LogP contribution is -2.46. The number of unbranched alkanes of at least 4 members (excludes halogenated alkanes) is 4. The first-order chi connectivity index (χ1) is 22.6. The van der Waals surface area contributed by atoms with Crippen LogP contribution in [-0.2, 0) is 36.4 Å². The molecule has 0 aromatic heterocycles. The van der Waals surface area contributed by atoms with E-state index in [9.17, 15) is 37.8 Å². The highest BCUT2D eigenvalue weighted by atomic mass is 31.2. The van der Waals surface area contributed by atoms with Gasteiger partial charge < -0.3 is 37.7 Å². The van der Waals surface area contributed by atoms with Crippen LogP contribution in [0.2, 0.25) is 0 Å². The summed E-state index contributed by atoms with van der Waals surface area (Å²) in [6.07, 6.45) is 4.52. The minimum Gasteiger partial charge on any atom is -0.323 e. The van der Waals surface area contributed by atoms with Crippen molar-refractivity contribution in [2.45, 2.75) is 79.1 Å². The topological polar surface area (TPSA) is 199 Å². The Morgan fingerprint density at radius 1 is 0.396 bits per heavy atom. The van der Waals surface area contributed by atoms with Gasteiger partial charge in [-0.3, -0.25) is 37.9 Å². The number of hydrogen-bond acceptors (Lipinski definition) is 12. The standard InChI is InChI=1S/C28H64N4O12P4/c1-5-9-21-41-45(33,34)25-29-13-15-30(26-46(35,36)42-22-10-6-2)17-19-32(28-48(39,40)44-24-12-8-4)20-18-31(16-14-29)27-47(37,38)43-23-11-7-3/h5-28H2,1-4H3,(H,33,34)(H,35,36)(H,37,38)(H,39,40). The molecule has 0 amide bonds. The first kappa shape index (κ1) is 46.5. The van der Waals surface area contributed by atoms with Gasteiger partial charge in [0.1, 0.15) is 25.1 Å². The van der Waals surface area contributed by atoms with Crippen LogP contribution < -0.4 is 0 Å². The fraction of sp³-hybridized carbons (Fsp3) is 1.00. The quantitative estimate of drug-likeness (QED) is 0.0750. The van der Waals surface area contributed by atoms with E-state index in [1.165, 1.54) is 0 Å². The van der Waals surface area contributed by atoms with Crippen LogP contribution in [0.15, 0.2) is 0 Å². The summed E-state index contributed by atoms with van der Waals surface area (Å²) in [6, 6.07) is 0. The number of nitrogens with zero attached hydrogens (tertiary/aromatic N) is 4. The monoisotopic (exact) mass is 772 g/mol. The molecule has 0 aromatic carbocycles. The zero-order valence-corrected chi connectivity index (χ0v) is 33.2. The van der Waals surface area contributed by atoms with Gasteiger partial charge in [-0.1, -0.05) is 53.4 Å². The van der Waals surface area contributed by atoms with Gasteiger partial charge in [0, 0.05) is 52.4 Å². The molecule has 1 aliphatic rings. The molecule has 20 heteroatoms. The second-order valence-corrected chi connectivity index (χ2v) is 19.6. The van der Waals surface area contributed by atoms with E-state index in [-0.39, 0.29) is 104 Å². The van der Waals surface area contributed by atoms with Gasteiger partial charge in [0.25, 0.3) is 0 Å². The molecule has 4 N–H and O–H groups in total. The van der Waals surface area contributed by atoms with E-state index >= 15 is 0 Å². The van der Waals surface area contributed by atoms with Crippen LogP contribution in [0.25, 0.3) is 0 Å². The van der Waals surface area contributed by atoms with E-state index in [2.05, 4.69) is 0 Å². The summed E-state index contributed by atoms with van der Waals surface area (Å²) in [4.78, 5) is 49.4. The van der Waals surface area contributed by atoms with Gasteiger partial charge in [0.05, 0.1) is 26.4 Å². The third-order valence-electron chi connectivity index (χ3n) is 7.61. The predicted octanol–water partition coefficient (Wildman–Crippen LogP) is 5.05. The fourth-order valence-electron chi connectivity index (χ4n) is 4.72. The molecule has 0 radical (unpaired) electrons. The zero-order valence-electron chi connectivity index (χ0n) is 29.6. The highest BCUT2D eigenvalue weighted by Crippen LogP contribution is 2.46. The van der Waals surface area contributed by atoms with Gasteiger partial charge in [0.2, 0.25) is 0 Å². The summed E-state index contributed by atoms with van der Waals surface area (Å²) in [5, 5.41) is 0. The molecule has 1 aliphatic heterocycles. The minimum absolute atomic E-state index is 0.134. The molecule has 288 valence electrons. The van der Waals surface area contributed by atoms with E-state index in [1.807, 2.05) is 27.7 Å². The summed E-state index contributed by atoms with van der Waals surface area (Å²) < 4.78 is 73.3. The van der Waals surface area contributed by atoms with Crippen molar-refractivity contribution in [3.8, 4) is 0 Å². The maximum absolute atomic E-state index is 13.0. The highest BCUT2D eigenvalue weighted by molar-refractivity contribution is 7.53. The Labute approximate surface area is 288 Å². The second-order valence-electron chi connectivity index (χ2n) is 12.3. The highest BCUT2D eigenvalue weighted by Gasteiger charge is 2.31. The normalized spacial score (nSPS) is 22.2. The molecule has 0 aliphatic carbocycles. The maximum Gasteiger partial charge on any atom is 0.341 e. The molecule has 0 spiro atoms. The number of hydrogen-bond donors (Lipinski definition) is 4. The number of rotatable bonds is 24. The molecular formula is C28H64N4O12P4. The average Bonchev–Trinajstić information content (AvgIpc) is 2.98. The van der Waals surface area contributed by atoms with Gasteiger partial charge in [0.15, 0.2) is 0 Å². The third-order valence-corrected chi connectivity index (χ3v) is 13.0. The molecule has 0 aromatic rings. The molecule has 0 saturated carbocycles. The lowest BCUT2D eigenvalue weighted by atomic mass is 10.4. The Morgan fingerprint density at radius 3 is 0.708 bits per heavy atom. The van der Waals surface area contributed by atoms with E-state index < -0.39 is 30.4 Å². The van der Waals surface area contributed by atoms with Crippen LogP contribution in [0, 0.1) is 0 Å². The van der Waals surface area contributed by atoms with Crippen molar-refractivity contribution in [3.05, 3.63) is 0 Å². The van der Waals surface area contributed by atoms with Crippen molar-refractivity contribution in [2.24, 2.45) is 0 Å². The first-order valence-corrected chi connectivity index (χ1v) is 24.4. The minimum atomic E-state index is -4.02. The molecule has 1 heterocycles. The molecule has 16 nitrogen and oxygen atoms in total. The predicted molar refractivity (Wildman–Crippen MR) is 189 cm³/mol. The lowest BCUT2D eigenvalue weighted by molar-refractivity contribution is 0.140. The van der Waals surface area contributed by atoms with Gasteiger partial charge >= 0.3 is 30.4 Å². The molecule has 0 bridgehead atoms. The van der Waals surface area contributed by atoms with Crippen molar-refractivity contribution >= 4 is 30.4 Å². The Balaban J connectivity index is 3.31. The van der Waals surface area contributed by atoms with Crippen molar-refractivity contribution in [2.75, 3.05) is 104 Å². The van der Waals surface area contributed by atoms with Crippen LogP contribution in [0.4, 0.5) is 0 Å². The maximum atomic E-state index is 13.0. The van der Waals surface area contributed by atoms with Gasteiger partial charge in [-0.25, -0.2) is 0 Å². The van der Waals surface area contributed by atoms with Gasteiger partial charge in [-0.2, -0.15) is 0 Å². The molecule has 4 atom stereocenters. The van der Waals surface area contributed by atoms with Gasteiger partial charge in [-0.15, -0.1) is 0 Å². The van der Waals surface area contributed by atoms with Crippen molar-refractivity contribution in [3.63, 3.8) is 0 Å². The van der Waals surface area contributed by atoms with E-state index in [0.717, 1.165) is 25.7 Å². The summed E-state index contributed by atoms with van der Waals surface area (Å²) in [5.41, 5.74) is 0. The smallest absolute Gasteiger partial charge is 0.323 e. The van der Waals surface area contributed by atoms with E-state index in [4.69, 9.17) is 18.1 Å². The summed E-state index contributed by atoms with van der Waals surface area (Å²) in [5.74, 6) is 0. The Kier molecular flexibility index (Phi) is 23.8. The SMILES string of the molecule is CCCCOP(=O)(O)CN1CCN(CP(=O)(O)OCCCC)CCN(CP(=O)(O)OCCCC)CCN(CP(=O)(O)OCCCC)CC1. The van der Waals surface area contributed by atoms with Gasteiger partial charge in [-0.05, 0) is 25.7 Å². The molecule has 1 rings (SSSR count). The van der Waals surface area contributed by atoms with Crippen LogP contribution in [-0.4, -0.2) is 143 Å². The van der Waals surface area contributed by atoms with Crippen LogP contribution in [0.3, 0.4) is 0 Å². The summed E-state index contributed by atoms with van der Waals surface area (Å²) in [7, 11) is -16.1. The molecule has 48 heavy (non-hydrogen) atoms. The molecule has 1 saturated heterocycles. The fourth-order valence-corrected chi connectivity index (χ4v) is 9.86. The molecular weight excluding hydrogens is 708 g/mol. The largest absolute Gasteiger partial charge is 0.341 e. The van der Waals surface area contributed by atoms with Crippen molar-refractivity contribution in [1.29, 1.82) is 0 Å². The average molecular weight is 773 g/mol. The zero-order chi connectivity index (χ0) is 36.1. The molecule has 4 unspecified atom stereocenters. The van der Waals surface area contributed by atoms with Crippen LogP contribution in [0.5, 0.6) is 0 Å². The van der Waals surface area contributed by atoms with Crippen molar-refractivity contribution < 1.29 is 55.9 Å². The summed E-state index contributed by atoms with van der Waals surface area (Å²) >= 11 is 0. The summed E-state index contributed by atoms with van der Waals surface area (Å²) in [6.45, 7) is 10.0. The Hall–Kier alpha value is 0.440. The van der Waals surface area contributed by atoms with Crippen molar-refractivity contribution in [1.82, 2.24) is 19.6 Å². The lowest BCUT2D eigenvalue weighted by Gasteiger charge is -2.35. The van der Waals surface area contributed by atoms with E-state index in [1.54, 1.807) is 19.6 Å². The second kappa shape index (κ2) is 24.6. The molecule has 1 fully saturated rings. The Bertz CT molecular complexity index is 886. The van der Waals surface area contributed by atoms with Crippen LogP contribution >= 0.6 is 30.4 Å².